The third-order valence-electron chi connectivity index (χ3n) is 3.56. The van der Waals surface area contributed by atoms with Crippen molar-refractivity contribution in [3.63, 3.8) is 0 Å². The standard InChI is InChI=1S/C18H20N2O4/c1-2-3-13-4-7-15(8-5-13)22-11-19-18(21)20-14-6-9-16-17(10-14)24-12-23-16/h4-10H,2-3,11-12H2,1H3,(H2,19,20,21). The Hall–Kier alpha value is -2.89. The second kappa shape index (κ2) is 7.59. The van der Waals surface area contributed by atoms with Crippen molar-refractivity contribution in [3.8, 4) is 17.2 Å². The Morgan fingerprint density at radius 1 is 1.12 bits per heavy atom. The van der Waals surface area contributed by atoms with Crippen LogP contribution < -0.4 is 24.8 Å². The molecule has 0 spiro atoms. The lowest BCUT2D eigenvalue weighted by Gasteiger charge is -2.10. The van der Waals surface area contributed by atoms with Crippen LogP contribution in [0.5, 0.6) is 17.2 Å². The Labute approximate surface area is 140 Å². The van der Waals surface area contributed by atoms with E-state index in [1.165, 1.54) is 5.56 Å². The van der Waals surface area contributed by atoms with Crippen molar-refractivity contribution in [3.05, 3.63) is 48.0 Å². The van der Waals surface area contributed by atoms with Gasteiger partial charge in [-0.15, -0.1) is 0 Å². The Bertz CT molecular complexity index is 701. The van der Waals surface area contributed by atoms with Crippen molar-refractivity contribution in [2.75, 3.05) is 18.8 Å². The molecule has 1 heterocycles. The van der Waals surface area contributed by atoms with Crippen LogP contribution in [-0.4, -0.2) is 19.6 Å². The highest BCUT2D eigenvalue weighted by Gasteiger charge is 2.13. The summed E-state index contributed by atoms with van der Waals surface area (Å²) >= 11 is 0. The van der Waals surface area contributed by atoms with Crippen LogP contribution in [0.15, 0.2) is 42.5 Å². The molecule has 0 unspecified atom stereocenters. The maximum atomic E-state index is 11.9. The zero-order chi connectivity index (χ0) is 16.8. The minimum atomic E-state index is -0.350. The summed E-state index contributed by atoms with van der Waals surface area (Å²) in [4.78, 5) is 11.9. The van der Waals surface area contributed by atoms with Crippen molar-refractivity contribution in [2.24, 2.45) is 0 Å². The van der Waals surface area contributed by atoms with E-state index in [4.69, 9.17) is 14.2 Å². The number of hydrogen-bond donors (Lipinski definition) is 2. The van der Waals surface area contributed by atoms with Crippen molar-refractivity contribution in [1.29, 1.82) is 0 Å². The predicted octanol–water partition coefficient (Wildman–Crippen LogP) is 3.53. The number of amides is 2. The molecule has 6 heteroatoms. The molecule has 2 aromatic rings. The average Bonchev–Trinajstić information content (AvgIpc) is 3.04. The van der Waals surface area contributed by atoms with Gasteiger partial charge >= 0.3 is 6.03 Å². The Morgan fingerprint density at radius 3 is 2.71 bits per heavy atom. The fourth-order valence-electron chi connectivity index (χ4n) is 2.38. The van der Waals surface area contributed by atoms with Gasteiger partial charge < -0.3 is 24.8 Å². The van der Waals surface area contributed by atoms with Gasteiger partial charge in [0.1, 0.15) is 5.75 Å². The summed E-state index contributed by atoms with van der Waals surface area (Å²) < 4.78 is 16.0. The van der Waals surface area contributed by atoms with Crippen molar-refractivity contribution in [1.82, 2.24) is 5.32 Å². The average molecular weight is 328 g/mol. The first kappa shape index (κ1) is 16.0. The molecule has 6 nitrogen and oxygen atoms in total. The molecule has 0 bridgehead atoms. The number of hydrogen-bond acceptors (Lipinski definition) is 4. The summed E-state index contributed by atoms with van der Waals surface area (Å²) in [5.74, 6) is 2.02. The number of ether oxygens (including phenoxy) is 3. The normalized spacial score (nSPS) is 11.9. The van der Waals surface area contributed by atoms with E-state index in [1.54, 1.807) is 18.2 Å². The summed E-state index contributed by atoms with van der Waals surface area (Å²) in [6.07, 6.45) is 2.16. The molecule has 1 aliphatic rings. The van der Waals surface area contributed by atoms with Crippen LogP contribution in [0.2, 0.25) is 0 Å². The molecule has 0 aromatic heterocycles. The number of aryl methyl sites for hydroxylation is 1. The third kappa shape index (κ3) is 4.10. The van der Waals surface area contributed by atoms with Crippen LogP contribution in [0, 0.1) is 0 Å². The molecule has 0 aliphatic carbocycles. The van der Waals surface area contributed by atoms with E-state index in [0.717, 1.165) is 18.6 Å². The van der Waals surface area contributed by atoms with Gasteiger partial charge in [-0.2, -0.15) is 0 Å². The lowest BCUT2D eigenvalue weighted by molar-refractivity contribution is 0.174. The molecule has 24 heavy (non-hydrogen) atoms. The molecular weight excluding hydrogens is 308 g/mol. The fourth-order valence-corrected chi connectivity index (χ4v) is 2.38. The predicted molar refractivity (Wildman–Crippen MR) is 90.7 cm³/mol. The van der Waals surface area contributed by atoms with Crippen LogP contribution in [0.4, 0.5) is 10.5 Å². The number of anilines is 1. The molecule has 2 N–H and O–H groups in total. The topological polar surface area (TPSA) is 68.8 Å². The molecule has 0 radical (unpaired) electrons. The number of urea groups is 1. The van der Waals surface area contributed by atoms with E-state index in [1.807, 2.05) is 24.3 Å². The zero-order valence-electron chi connectivity index (χ0n) is 13.5. The number of nitrogens with one attached hydrogen (secondary N) is 2. The summed E-state index contributed by atoms with van der Waals surface area (Å²) in [7, 11) is 0. The minimum absolute atomic E-state index is 0.0868. The van der Waals surface area contributed by atoms with Crippen LogP contribution in [0.3, 0.4) is 0 Å². The summed E-state index contributed by atoms with van der Waals surface area (Å²) in [6.45, 7) is 2.44. The fraction of sp³-hybridized carbons (Fsp3) is 0.278. The van der Waals surface area contributed by atoms with E-state index in [-0.39, 0.29) is 19.6 Å². The van der Waals surface area contributed by atoms with Gasteiger partial charge in [-0.1, -0.05) is 25.5 Å². The number of benzene rings is 2. The summed E-state index contributed by atoms with van der Waals surface area (Å²) in [5.41, 5.74) is 1.90. The van der Waals surface area contributed by atoms with Gasteiger partial charge in [0.2, 0.25) is 6.79 Å². The third-order valence-corrected chi connectivity index (χ3v) is 3.56. The highest BCUT2D eigenvalue weighted by molar-refractivity contribution is 5.89. The van der Waals surface area contributed by atoms with Gasteiger partial charge in [0.25, 0.3) is 0 Å². The number of fused-ring (bicyclic) bond motifs is 1. The quantitative estimate of drug-likeness (QED) is 0.796. The molecule has 0 fully saturated rings. The van der Waals surface area contributed by atoms with E-state index >= 15 is 0 Å². The van der Waals surface area contributed by atoms with Crippen LogP contribution in [-0.2, 0) is 6.42 Å². The SMILES string of the molecule is CCCc1ccc(OCNC(=O)Nc2ccc3c(c2)OCO3)cc1. The molecule has 3 rings (SSSR count). The van der Waals surface area contributed by atoms with Crippen LogP contribution in [0.1, 0.15) is 18.9 Å². The highest BCUT2D eigenvalue weighted by Crippen LogP contribution is 2.34. The molecule has 0 saturated carbocycles. The molecule has 2 amide bonds. The highest BCUT2D eigenvalue weighted by atomic mass is 16.7. The van der Waals surface area contributed by atoms with Gasteiger partial charge in [0.15, 0.2) is 18.2 Å². The molecule has 0 saturated heterocycles. The molecule has 0 atom stereocenters. The molecular formula is C18H20N2O4. The Kier molecular flexibility index (Phi) is 5.05. The van der Waals surface area contributed by atoms with Gasteiger partial charge in [0, 0.05) is 11.8 Å². The Balaban J connectivity index is 1.44. The zero-order valence-corrected chi connectivity index (χ0v) is 13.5. The summed E-state index contributed by atoms with van der Waals surface area (Å²) in [5, 5.41) is 5.36. The van der Waals surface area contributed by atoms with Gasteiger partial charge in [-0.25, -0.2) is 4.79 Å². The van der Waals surface area contributed by atoms with E-state index in [9.17, 15) is 4.79 Å². The lowest BCUT2D eigenvalue weighted by Crippen LogP contribution is -2.31. The smallest absolute Gasteiger partial charge is 0.321 e. The van der Waals surface area contributed by atoms with Gasteiger partial charge in [-0.05, 0) is 36.2 Å². The maximum absolute atomic E-state index is 11.9. The molecule has 2 aromatic carbocycles. The van der Waals surface area contributed by atoms with Gasteiger partial charge in [0.05, 0.1) is 0 Å². The van der Waals surface area contributed by atoms with E-state index < -0.39 is 0 Å². The molecule has 126 valence electrons. The van der Waals surface area contributed by atoms with E-state index in [2.05, 4.69) is 17.6 Å². The minimum Gasteiger partial charge on any atom is -0.473 e. The van der Waals surface area contributed by atoms with Gasteiger partial charge in [-0.3, -0.25) is 0 Å². The second-order valence-electron chi connectivity index (χ2n) is 5.38. The van der Waals surface area contributed by atoms with Crippen LogP contribution >= 0.6 is 0 Å². The van der Waals surface area contributed by atoms with Crippen molar-refractivity contribution in [2.45, 2.75) is 19.8 Å². The monoisotopic (exact) mass is 328 g/mol. The largest absolute Gasteiger partial charge is 0.473 e. The van der Waals surface area contributed by atoms with E-state index in [0.29, 0.717) is 17.2 Å². The Morgan fingerprint density at radius 2 is 1.92 bits per heavy atom. The molecule has 1 aliphatic heterocycles. The summed E-state index contributed by atoms with van der Waals surface area (Å²) in [6, 6.07) is 12.8. The second-order valence-corrected chi connectivity index (χ2v) is 5.38. The van der Waals surface area contributed by atoms with Crippen LogP contribution in [0.25, 0.3) is 0 Å². The van der Waals surface area contributed by atoms with Crippen molar-refractivity contribution >= 4 is 11.7 Å². The number of rotatable bonds is 6. The number of carbonyl (C=O) groups is 1. The first-order valence-corrected chi connectivity index (χ1v) is 7.91. The van der Waals surface area contributed by atoms with Crippen molar-refractivity contribution < 1.29 is 19.0 Å². The first-order chi connectivity index (χ1) is 11.7. The first-order valence-electron chi connectivity index (χ1n) is 7.91. The maximum Gasteiger partial charge on any atom is 0.321 e. The number of carbonyl (C=O) groups excluding carboxylic acids is 1. The lowest BCUT2D eigenvalue weighted by atomic mass is 10.1.